The summed E-state index contributed by atoms with van der Waals surface area (Å²) in [5.41, 5.74) is 2.42. The normalized spacial score (nSPS) is 14.4. The fourth-order valence-electron chi connectivity index (χ4n) is 3.40. The molecule has 0 bridgehead atoms. The van der Waals surface area contributed by atoms with Gasteiger partial charge in [0.05, 0.1) is 16.4 Å². The minimum Gasteiger partial charge on any atom is -0.374 e. The van der Waals surface area contributed by atoms with Crippen molar-refractivity contribution in [3.05, 3.63) is 59.0 Å². The van der Waals surface area contributed by atoms with Crippen molar-refractivity contribution in [1.82, 2.24) is 0 Å². The number of hydrogen-bond acceptors (Lipinski definition) is 8. The first-order valence-electron chi connectivity index (χ1n) is 10.6. The van der Waals surface area contributed by atoms with Gasteiger partial charge in [-0.25, -0.2) is 0 Å². The van der Waals surface area contributed by atoms with Gasteiger partial charge < -0.3 is 9.80 Å². The number of hydrogen-bond donors (Lipinski definition) is 2. The number of thiol groups is 2. The Bertz CT molecular complexity index is 1090. The van der Waals surface area contributed by atoms with Gasteiger partial charge in [0.1, 0.15) is 0 Å². The van der Waals surface area contributed by atoms with Gasteiger partial charge in [0.25, 0.3) is 0 Å². The molecule has 0 saturated carbocycles. The fourth-order valence-corrected chi connectivity index (χ4v) is 7.56. The molecule has 0 amide bonds. The monoisotopic (exact) mass is 550 g/mol. The van der Waals surface area contributed by atoms with Gasteiger partial charge in [-0.3, -0.25) is 0 Å². The average Bonchev–Trinajstić information content (AvgIpc) is 3.14. The van der Waals surface area contributed by atoms with Crippen molar-refractivity contribution < 1.29 is 0 Å². The van der Waals surface area contributed by atoms with E-state index in [1.165, 1.54) is 36.0 Å². The Labute approximate surface area is 226 Å². The maximum Gasteiger partial charge on any atom is 0.0801 e. The van der Waals surface area contributed by atoms with E-state index in [1.807, 2.05) is 11.8 Å². The number of allylic oxidation sites excluding steroid dienone is 3. The van der Waals surface area contributed by atoms with Crippen LogP contribution in [0.3, 0.4) is 0 Å². The summed E-state index contributed by atoms with van der Waals surface area (Å²) in [4.78, 5) is 12.5. The molecule has 2 nitrogen and oxygen atoms in total. The highest BCUT2D eigenvalue weighted by Crippen LogP contribution is 2.48. The third kappa shape index (κ3) is 6.33. The van der Waals surface area contributed by atoms with Crippen LogP contribution in [0.25, 0.3) is 0 Å². The Morgan fingerprint density at radius 2 is 1.73 bits per heavy atom. The van der Waals surface area contributed by atoms with Gasteiger partial charge in [0, 0.05) is 54.4 Å². The Balaban J connectivity index is 1.79. The van der Waals surface area contributed by atoms with Crippen molar-refractivity contribution in [2.45, 2.75) is 43.2 Å². The molecule has 1 heterocycles. The molecule has 0 saturated heterocycles. The van der Waals surface area contributed by atoms with Crippen LogP contribution in [0.5, 0.6) is 0 Å². The van der Waals surface area contributed by atoms with Crippen LogP contribution in [0.2, 0.25) is 0 Å². The van der Waals surface area contributed by atoms with Crippen molar-refractivity contribution in [3.63, 3.8) is 0 Å². The van der Waals surface area contributed by atoms with Crippen LogP contribution >= 0.6 is 72.3 Å². The topological polar surface area (TPSA) is 6.48 Å². The van der Waals surface area contributed by atoms with Crippen molar-refractivity contribution in [3.8, 4) is 0 Å². The maximum absolute atomic E-state index is 4.67. The molecule has 8 heteroatoms. The van der Waals surface area contributed by atoms with Crippen LogP contribution < -0.4 is 9.80 Å². The third-order valence-electron chi connectivity index (χ3n) is 5.26. The molecule has 176 valence electrons. The maximum atomic E-state index is 4.67. The van der Waals surface area contributed by atoms with Gasteiger partial charge in [-0.1, -0.05) is 36.2 Å². The van der Waals surface area contributed by atoms with Crippen LogP contribution in [-0.2, 0) is 0 Å². The van der Waals surface area contributed by atoms with E-state index in [0.29, 0.717) is 0 Å². The quantitative estimate of drug-likeness (QED) is 0.182. The van der Waals surface area contributed by atoms with Crippen LogP contribution in [0.4, 0.5) is 11.4 Å². The van der Waals surface area contributed by atoms with E-state index >= 15 is 0 Å². The van der Waals surface area contributed by atoms with Crippen LogP contribution in [0.1, 0.15) is 13.8 Å². The van der Waals surface area contributed by atoms with E-state index in [1.54, 1.807) is 35.3 Å². The van der Waals surface area contributed by atoms with E-state index in [-0.39, 0.29) is 0 Å². The molecule has 0 N–H and O–H groups in total. The third-order valence-corrected chi connectivity index (χ3v) is 9.91. The predicted octanol–water partition coefficient (Wildman–Crippen LogP) is 8.80. The van der Waals surface area contributed by atoms with Crippen LogP contribution in [0.15, 0.2) is 88.4 Å². The summed E-state index contributed by atoms with van der Waals surface area (Å²) >= 11 is 16.3. The second-order valence-electron chi connectivity index (χ2n) is 7.28. The summed E-state index contributed by atoms with van der Waals surface area (Å²) in [6, 6.07) is 8.80. The van der Waals surface area contributed by atoms with Crippen LogP contribution in [0, 0.1) is 0 Å². The molecule has 0 atom stereocenters. The second-order valence-corrected chi connectivity index (χ2v) is 12.2. The Kier molecular flexibility index (Phi) is 10.1. The lowest BCUT2D eigenvalue weighted by Gasteiger charge is -2.22. The molecule has 1 aliphatic heterocycles. The van der Waals surface area contributed by atoms with Gasteiger partial charge >= 0.3 is 0 Å². The standard InChI is InChI=1S/C25H30N2S6/c1-7-26(4)17-12-19(28)23(30-5)14-21(17)32-16(3)10-9-11-25-27(8-2)18-13-20(29)24(31-6)15-22(18)33-25/h9-15,28-29H,3,7-8H2,1-2,4-6H3/b10-9+,25-11-. The first-order chi connectivity index (χ1) is 15.8. The van der Waals surface area contributed by atoms with Gasteiger partial charge in [-0.2, -0.15) is 0 Å². The van der Waals surface area contributed by atoms with Crippen LogP contribution in [-0.4, -0.2) is 32.6 Å². The zero-order valence-corrected chi connectivity index (χ0v) is 24.6. The average molecular weight is 551 g/mol. The first kappa shape index (κ1) is 27.0. The van der Waals surface area contributed by atoms with Gasteiger partial charge in [-0.05, 0) is 62.8 Å². The van der Waals surface area contributed by atoms with Gasteiger partial charge in [0.15, 0.2) is 0 Å². The molecule has 33 heavy (non-hydrogen) atoms. The Hall–Kier alpha value is -0.640. The smallest absolute Gasteiger partial charge is 0.0801 e. The molecule has 0 radical (unpaired) electrons. The number of thioether (sulfide) groups is 4. The molecule has 1 aliphatic rings. The lowest BCUT2D eigenvalue weighted by atomic mass is 10.3. The number of nitrogens with zero attached hydrogens (tertiary/aromatic N) is 2. The van der Waals surface area contributed by atoms with Gasteiger partial charge in [0.2, 0.25) is 0 Å². The zero-order chi connectivity index (χ0) is 24.1. The highest BCUT2D eigenvalue weighted by molar-refractivity contribution is 8.04. The number of anilines is 2. The summed E-state index contributed by atoms with van der Waals surface area (Å²) in [5.74, 6) is 0. The highest BCUT2D eigenvalue weighted by Gasteiger charge is 2.24. The number of rotatable bonds is 9. The van der Waals surface area contributed by atoms with Crippen molar-refractivity contribution in [2.75, 3.05) is 42.4 Å². The lowest BCUT2D eigenvalue weighted by Crippen LogP contribution is -2.16. The lowest BCUT2D eigenvalue weighted by molar-refractivity contribution is 0.941. The second kappa shape index (κ2) is 12.4. The Morgan fingerprint density at radius 1 is 1.06 bits per heavy atom. The van der Waals surface area contributed by atoms with Crippen molar-refractivity contribution >= 4 is 83.7 Å². The summed E-state index contributed by atoms with van der Waals surface area (Å²) in [6.45, 7) is 10.5. The molecule has 2 aromatic carbocycles. The van der Waals surface area contributed by atoms with E-state index in [9.17, 15) is 0 Å². The minimum absolute atomic E-state index is 0.918. The summed E-state index contributed by atoms with van der Waals surface area (Å²) in [6.07, 6.45) is 10.6. The van der Waals surface area contributed by atoms with Crippen molar-refractivity contribution in [2.24, 2.45) is 0 Å². The molecule has 0 aromatic heterocycles. The Morgan fingerprint density at radius 3 is 2.36 bits per heavy atom. The fraction of sp³-hybridized carbons (Fsp3) is 0.280. The first-order valence-corrected chi connectivity index (χ1v) is 15.5. The molecular formula is C25H30N2S6. The van der Waals surface area contributed by atoms with Crippen molar-refractivity contribution in [1.29, 1.82) is 0 Å². The predicted molar refractivity (Wildman–Crippen MR) is 161 cm³/mol. The molecule has 0 fully saturated rings. The molecular weight excluding hydrogens is 521 g/mol. The van der Waals surface area contributed by atoms with E-state index in [2.05, 4.69) is 118 Å². The minimum atomic E-state index is 0.918. The van der Waals surface area contributed by atoms with E-state index < -0.39 is 0 Å². The van der Waals surface area contributed by atoms with Gasteiger partial charge in [-0.15, -0.1) is 48.8 Å². The zero-order valence-electron chi connectivity index (χ0n) is 19.6. The highest BCUT2D eigenvalue weighted by atomic mass is 32.2. The van der Waals surface area contributed by atoms with E-state index in [4.69, 9.17) is 0 Å². The summed E-state index contributed by atoms with van der Waals surface area (Å²) < 4.78 is 0. The SMILES string of the molecule is C=C(/C=C/C=C1\Sc2cc(SC)c(S)cc2N1CC)Sc1cc(SC)c(S)cc1N(C)CC. The molecule has 0 spiro atoms. The summed E-state index contributed by atoms with van der Waals surface area (Å²) in [7, 11) is 2.11. The number of benzene rings is 2. The molecule has 0 unspecified atom stereocenters. The molecule has 3 rings (SSSR count). The summed E-state index contributed by atoms with van der Waals surface area (Å²) in [5, 5.41) is 1.23. The number of fused-ring (bicyclic) bond motifs is 1. The molecule has 0 aliphatic carbocycles. The molecule has 2 aromatic rings. The largest absolute Gasteiger partial charge is 0.374 e. The van der Waals surface area contributed by atoms with E-state index in [0.717, 1.165) is 27.8 Å².